The molecule has 7 heteroatoms. The van der Waals surface area contributed by atoms with Gasteiger partial charge in [0.25, 0.3) is 0 Å². The van der Waals surface area contributed by atoms with Gasteiger partial charge >= 0.3 is 5.97 Å². The maximum absolute atomic E-state index is 12.8. The molecule has 1 aromatic heterocycles. The van der Waals surface area contributed by atoms with Crippen LogP contribution >= 0.6 is 23.2 Å². The summed E-state index contributed by atoms with van der Waals surface area (Å²) in [5, 5.41) is 1.23. The number of hydrogen-bond donors (Lipinski definition) is 0. The van der Waals surface area contributed by atoms with Crippen LogP contribution in [0.4, 0.5) is 0 Å². The molecule has 0 amide bonds. The molecule has 0 radical (unpaired) electrons. The molecule has 0 unspecified atom stereocenters. The number of hydrogen-bond acceptors (Lipinski definition) is 5. The first-order valence-corrected chi connectivity index (χ1v) is 7.98. The third kappa shape index (κ3) is 3.21. The average molecular weight is 378 g/mol. The number of carbonyl (C=O) groups excluding carboxylic acids is 1. The number of nitrogens with zero attached hydrogens (tertiary/aromatic N) is 1. The molecule has 0 bridgehead atoms. The molecule has 0 fully saturated rings. The van der Waals surface area contributed by atoms with Gasteiger partial charge in [0.1, 0.15) is 22.6 Å². The van der Waals surface area contributed by atoms with Crippen molar-refractivity contribution >= 4 is 40.1 Å². The number of methoxy groups -OCH3 is 2. The summed E-state index contributed by atoms with van der Waals surface area (Å²) in [6.07, 6.45) is 1.57. The Balaban J connectivity index is 2.10. The second-order valence-corrected chi connectivity index (χ2v) is 5.81. The zero-order valence-corrected chi connectivity index (χ0v) is 14.9. The predicted octanol–water partition coefficient (Wildman–Crippen LogP) is 4.78. The SMILES string of the molecule is COc1cccc(OC)c1C(=O)Oc1c(Cl)cc(Cl)c2cccnc12. The highest BCUT2D eigenvalue weighted by atomic mass is 35.5. The van der Waals surface area contributed by atoms with E-state index in [0.717, 1.165) is 0 Å². The average Bonchev–Trinajstić information content (AvgIpc) is 2.64. The summed E-state index contributed by atoms with van der Waals surface area (Å²) in [5.74, 6) is 0.100. The first kappa shape index (κ1) is 17.3. The van der Waals surface area contributed by atoms with Crippen molar-refractivity contribution in [1.82, 2.24) is 4.98 Å². The van der Waals surface area contributed by atoms with E-state index < -0.39 is 5.97 Å². The Morgan fingerprint density at radius 1 is 1.00 bits per heavy atom. The number of esters is 1. The number of halogens is 2. The number of rotatable bonds is 4. The van der Waals surface area contributed by atoms with Crippen LogP contribution < -0.4 is 14.2 Å². The van der Waals surface area contributed by atoms with Crippen LogP contribution in [0.1, 0.15) is 10.4 Å². The molecule has 0 atom stereocenters. The normalized spacial score (nSPS) is 10.6. The fourth-order valence-electron chi connectivity index (χ4n) is 2.44. The molecule has 2 aromatic carbocycles. The van der Waals surface area contributed by atoms with Crippen molar-refractivity contribution in [2.45, 2.75) is 0 Å². The fraction of sp³-hybridized carbons (Fsp3) is 0.111. The molecule has 0 aliphatic carbocycles. The summed E-state index contributed by atoms with van der Waals surface area (Å²) < 4.78 is 16.0. The summed E-state index contributed by atoms with van der Waals surface area (Å²) in [5.41, 5.74) is 0.546. The van der Waals surface area contributed by atoms with E-state index in [0.29, 0.717) is 27.4 Å². The van der Waals surface area contributed by atoms with Gasteiger partial charge < -0.3 is 14.2 Å². The Morgan fingerprint density at radius 3 is 2.32 bits per heavy atom. The minimum absolute atomic E-state index is 0.125. The second kappa shape index (κ2) is 7.17. The topological polar surface area (TPSA) is 57.7 Å². The first-order chi connectivity index (χ1) is 12.1. The van der Waals surface area contributed by atoms with Crippen molar-refractivity contribution in [2.75, 3.05) is 14.2 Å². The van der Waals surface area contributed by atoms with Gasteiger partial charge in [0.05, 0.1) is 24.3 Å². The van der Waals surface area contributed by atoms with E-state index in [1.54, 1.807) is 36.5 Å². The lowest BCUT2D eigenvalue weighted by Crippen LogP contribution is -2.12. The third-order valence-corrected chi connectivity index (χ3v) is 4.17. The Hall–Kier alpha value is -2.50. The van der Waals surface area contributed by atoms with E-state index in [-0.39, 0.29) is 16.3 Å². The molecule has 0 saturated carbocycles. The first-order valence-electron chi connectivity index (χ1n) is 7.22. The molecule has 0 N–H and O–H groups in total. The zero-order chi connectivity index (χ0) is 18.0. The van der Waals surface area contributed by atoms with Gasteiger partial charge in [-0.25, -0.2) is 4.79 Å². The lowest BCUT2D eigenvalue weighted by Gasteiger charge is -2.14. The quantitative estimate of drug-likeness (QED) is 0.483. The third-order valence-electron chi connectivity index (χ3n) is 3.58. The number of carbonyl (C=O) groups is 1. The Bertz CT molecular complexity index is 937. The van der Waals surface area contributed by atoms with Crippen LogP contribution in [0.3, 0.4) is 0 Å². The van der Waals surface area contributed by atoms with E-state index in [9.17, 15) is 4.79 Å². The number of aromatic nitrogens is 1. The van der Waals surface area contributed by atoms with Crippen LogP contribution in [0.25, 0.3) is 10.9 Å². The lowest BCUT2D eigenvalue weighted by molar-refractivity contribution is 0.0729. The molecular weight excluding hydrogens is 365 g/mol. The highest BCUT2D eigenvalue weighted by Crippen LogP contribution is 2.38. The van der Waals surface area contributed by atoms with Crippen LogP contribution in [0.2, 0.25) is 10.0 Å². The van der Waals surface area contributed by atoms with Crippen LogP contribution in [-0.2, 0) is 0 Å². The molecule has 1 heterocycles. The lowest BCUT2D eigenvalue weighted by atomic mass is 10.1. The van der Waals surface area contributed by atoms with Gasteiger partial charge in [0.2, 0.25) is 0 Å². The van der Waals surface area contributed by atoms with E-state index in [1.165, 1.54) is 20.3 Å². The highest BCUT2D eigenvalue weighted by Gasteiger charge is 2.23. The predicted molar refractivity (Wildman–Crippen MR) is 96.3 cm³/mol. The fourth-order valence-corrected chi connectivity index (χ4v) is 2.99. The van der Waals surface area contributed by atoms with Crippen LogP contribution in [-0.4, -0.2) is 25.2 Å². The number of ether oxygens (including phenoxy) is 3. The highest BCUT2D eigenvalue weighted by molar-refractivity contribution is 6.39. The zero-order valence-electron chi connectivity index (χ0n) is 13.4. The molecule has 25 heavy (non-hydrogen) atoms. The Kier molecular flexibility index (Phi) is 4.97. The molecule has 0 spiro atoms. The second-order valence-electron chi connectivity index (χ2n) is 5.00. The number of benzene rings is 2. The van der Waals surface area contributed by atoms with Gasteiger partial charge in [-0.05, 0) is 30.3 Å². The van der Waals surface area contributed by atoms with Gasteiger partial charge in [0, 0.05) is 11.6 Å². The van der Waals surface area contributed by atoms with Gasteiger partial charge in [-0.2, -0.15) is 0 Å². The van der Waals surface area contributed by atoms with E-state index in [1.807, 2.05) is 0 Å². The monoisotopic (exact) mass is 377 g/mol. The molecule has 0 saturated heterocycles. The van der Waals surface area contributed by atoms with Crippen molar-refractivity contribution in [3.8, 4) is 17.2 Å². The standard InChI is InChI=1S/C18H13Cl2NO4/c1-23-13-6-3-7-14(24-2)15(13)18(22)25-17-12(20)9-11(19)10-5-4-8-21-16(10)17/h3-9H,1-2H3. The van der Waals surface area contributed by atoms with Crippen molar-refractivity contribution in [2.24, 2.45) is 0 Å². The largest absolute Gasteiger partial charge is 0.496 e. The molecule has 3 aromatic rings. The number of fused-ring (bicyclic) bond motifs is 1. The van der Waals surface area contributed by atoms with Gasteiger partial charge in [-0.1, -0.05) is 29.3 Å². The summed E-state index contributed by atoms with van der Waals surface area (Å²) >= 11 is 12.4. The van der Waals surface area contributed by atoms with Gasteiger partial charge in [0.15, 0.2) is 5.75 Å². The van der Waals surface area contributed by atoms with Crippen molar-refractivity contribution < 1.29 is 19.0 Å². The minimum Gasteiger partial charge on any atom is -0.496 e. The van der Waals surface area contributed by atoms with Gasteiger partial charge in [-0.15, -0.1) is 0 Å². The molecule has 3 rings (SSSR count). The van der Waals surface area contributed by atoms with E-state index in [4.69, 9.17) is 37.4 Å². The maximum Gasteiger partial charge on any atom is 0.351 e. The smallest absolute Gasteiger partial charge is 0.351 e. The number of pyridine rings is 1. The van der Waals surface area contributed by atoms with Crippen molar-refractivity contribution in [3.05, 3.63) is 58.2 Å². The summed E-state index contributed by atoms with van der Waals surface area (Å²) in [7, 11) is 2.91. The van der Waals surface area contributed by atoms with E-state index >= 15 is 0 Å². The minimum atomic E-state index is -0.675. The van der Waals surface area contributed by atoms with E-state index in [2.05, 4.69) is 4.98 Å². The molecule has 5 nitrogen and oxygen atoms in total. The molecule has 0 aliphatic heterocycles. The molecular formula is C18H13Cl2NO4. The van der Waals surface area contributed by atoms with Crippen LogP contribution in [0.15, 0.2) is 42.6 Å². The summed E-state index contributed by atoms with van der Waals surface area (Å²) in [6.45, 7) is 0. The van der Waals surface area contributed by atoms with Crippen molar-refractivity contribution in [1.29, 1.82) is 0 Å². The summed E-state index contributed by atoms with van der Waals surface area (Å²) in [4.78, 5) is 17.0. The van der Waals surface area contributed by atoms with Gasteiger partial charge in [-0.3, -0.25) is 4.98 Å². The summed E-state index contributed by atoms with van der Waals surface area (Å²) in [6, 6.07) is 9.99. The van der Waals surface area contributed by atoms with Crippen molar-refractivity contribution in [3.63, 3.8) is 0 Å². The Labute approximate surface area is 154 Å². The Morgan fingerprint density at radius 2 is 1.68 bits per heavy atom. The van der Waals surface area contributed by atoms with Crippen LogP contribution in [0.5, 0.6) is 17.2 Å². The molecule has 0 aliphatic rings. The molecule has 128 valence electrons. The maximum atomic E-state index is 12.8. The van der Waals surface area contributed by atoms with Crippen LogP contribution in [0, 0.1) is 0 Å².